The van der Waals surface area contributed by atoms with Gasteiger partial charge in [-0.15, -0.1) is 0 Å². The second-order valence-electron chi connectivity index (χ2n) is 7.85. The summed E-state index contributed by atoms with van der Waals surface area (Å²) in [4.78, 5) is 2.75. The number of para-hydroxylation sites is 2. The molecule has 0 spiro atoms. The zero-order valence-corrected chi connectivity index (χ0v) is 14.8. The molecular formula is C20H33N3. The van der Waals surface area contributed by atoms with Crippen LogP contribution in [0.3, 0.4) is 0 Å². The normalized spacial score (nSPS) is 27.3. The predicted octanol–water partition coefficient (Wildman–Crippen LogP) is 4.36. The topological polar surface area (TPSA) is 41.3 Å². The maximum atomic E-state index is 6.05. The van der Waals surface area contributed by atoms with Gasteiger partial charge in [0, 0.05) is 25.2 Å². The monoisotopic (exact) mass is 315 g/mol. The van der Waals surface area contributed by atoms with E-state index in [2.05, 4.69) is 36.2 Å². The van der Waals surface area contributed by atoms with Gasteiger partial charge in [0.1, 0.15) is 0 Å². The average molecular weight is 316 g/mol. The molecule has 0 bridgehead atoms. The van der Waals surface area contributed by atoms with Gasteiger partial charge in [-0.2, -0.15) is 0 Å². The Hall–Kier alpha value is -1.22. The first-order valence-electron chi connectivity index (χ1n) is 9.48. The molecule has 0 atom stereocenters. The molecule has 1 aromatic carbocycles. The molecule has 0 unspecified atom stereocenters. The molecule has 3 rings (SSSR count). The van der Waals surface area contributed by atoms with Crippen LogP contribution >= 0.6 is 0 Å². The fourth-order valence-corrected chi connectivity index (χ4v) is 4.39. The van der Waals surface area contributed by atoms with Gasteiger partial charge in [-0.3, -0.25) is 0 Å². The molecule has 1 saturated heterocycles. The molecule has 23 heavy (non-hydrogen) atoms. The molecule has 128 valence electrons. The van der Waals surface area contributed by atoms with Crippen LogP contribution in [0.4, 0.5) is 11.4 Å². The first-order chi connectivity index (χ1) is 11.1. The first-order valence-corrected chi connectivity index (χ1v) is 9.48. The van der Waals surface area contributed by atoms with Gasteiger partial charge < -0.3 is 16.0 Å². The number of hydrogen-bond donors (Lipinski definition) is 2. The summed E-state index contributed by atoms with van der Waals surface area (Å²) in [7, 11) is 0. The smallest absolute Gasteiger partial charge is 0.0576 e. The number of nitrogens with zero attached hydrogens (tertiary/aromatic N) is 1. The van der Waals surface area contributed by atoms with Crippen LogP contribution in [0.15, 0.2) is 24.3 Å². The van der Waals surface area contributed by atoms with Crippen LogP contribution in [0.25, 0.3) is 0 Å². The first kappa shape index (κ1) is 16.6. The molecule has 0 radical (unpaired) electrons. The summed E-state index contributed by atoms with van der Waals surface area (Å²) in [5.41, 5.74) is 8.01. The SMILES string of the molecule is CC(C)C1CCC(N2CCC(Nc3ccccc3N)CC2)CC1. The van der Waals surface area contributed by atoms with E-state index in [0.29, 0.717) is 6.04 Å². The molecule has 2 aliphatic rings. The number of rotatable bonds is 4. The van der Waals surface area contributed by atoms with Crippen molar-refractivity contribution < 1.29 is 0 Å². The summed E-state index contributed by atoms with van der Waals surface area (Å²) in [5, 5.41) is 3.64. The van der Waals surface area contributed by atoms with Gasteiger partial charge in [0.25, 0.3) is 0 Å². The fraction of sp³-hybridized carbons (Fsp3) is 0.700. The van der Waals surface area contributed by atoms with E-state index < -0.39 is 0 Å². The molecule has 0 aromatic heterocycles. The van der Waals surface area contributed by atoms with Crippen molar-refractivity contribution in [1.29, 1.82) is 0 Å². The van der Waals surface area contributed by atoms with Gasteiger partial charge in [0.05, 0.1) is 11.4 Å². The van der Waals surface area contributed by atoms with E-state index in [9.17, 15) is 0 Å². The Morgan fingerprint density at radius 1 is 1.00 bits per heavy atom. The van der Waals surface area contributed by atoms with E-state index in [0.717, 1.165) is 29.3 Å². The maximum Gasteiger partial charge on any atom is 0.0576 e. The third-order valence-corrected chi connectivity index (χ3v) is 6.05. The molecule has 1 saturated carbocycles. The van der Waals surface area contributed by atoms with Gasteiger partial charge >= 0.3 is 0 Å². The van der Waals surface area contributed by atoms with Gasteiger partial charge in [-0.25, -0.2) is 0 Å². The summed E-state index contributed by atoms with van der Waals surface area (Å²) >= 11 is 0. The van der Waals surface area contributed by atoms with Gasteiger partial charge in [0.15, 0.2) is 0 Å². The van der Waals surface area contributed by atoms with Gasteiger partial charge in [0.2, 0.25) is 0 Å². The number of nitrogens with one attached hydrogen (secondary N) is 1. The number of likely N-dealkylation sites (tertiary alicyclic amines) is 1. The highest BCUT2D eigenvalue weighted by Gasteiger charge is 2.29. The van der Waals surface area contributed by atoms with Crippen LogP contribution in [0.5, 0.6) is 0 Å². The van der Waals surface area contributed by atoms with Crippen molar-refractivity contribution in [2.45, 2.75) is 64.5 Å². The largest absolute Gasteiger partial charge is 0.397 e. The summed E-state index contributed by atoms with van der Waals surface area (Å²) in [6.07, 6.45) is 8.15. The second kappa shape index (κ2) is 7.57. The van der Waals surface area contributed by atoms with Gasteiger partial charge in [-0.05, 0) is 62.5 Å². The van der Waals surface area contributed by atoms with Crippen LogP contribution in [0.1, 0.15) is 52.4 Å². The predicted molar refractivity (Wildman–Crippen MR) is 99.7 cm³/mol. The van der Waals surface area contributed by atoms with Crippen molar-refractivity contribution in [2.75, 3.05) is 24.1 Å². The number of hydrogen-bond acceptors (Lipinski definition) is 3. The van der Waals surface area contributed by atoms with Crippen molar-refractivity contribution in [3.63, 3.8) is 0 Å². The Morgan fingerprint density at radius 2 is 1.65 bits per heavy atom. The Balaban J connectivity index is 1.45. The Kier molecular flexibility index (Phi) is 5.47. The lowest BCUT2D eigenvalue weighted by molar-refractivity contribution is 0.101. The molecule has 1 heterocycles. The van der Waals surface area contributed by atoms with Crippen molar-refractivity contribution in [3.05, 3.63) is 24.3 Å². The molecule has 3 heteroatoms. The number of nitrogen functional groups attached to an aromatic ring is 1. The molecule has 1 aliphatic heterocycles. The minimum Gasteiger partial charge on any atom is -0.397 e. The van der Waals surface area contributed by atoms with E-state index in [4.69, 9.17) is 5.73 Å². The Labute approximate surface area is 141 Å². The molecule has 1 aromatic rings. The number of benzene rings is 1. The summed E-state index contributed by atoms with van der Waals surface area (Å²) < 4.78 is 0. The van der Waals surface area contributed by atoms with E-state index >= 15 is 0 Å². The van der Waals surface area contributed by atoms with Crippen LogP contribution in [0.2, 0.25) is 0 Å². The second-order valence-corrected chi connectivity index (χ2v) is 7.85. The van der Waals surface area contributed by atoms with Crippen molar-refractivity contribution >= 4 is 11.4 Å². The van der Waals surface area contributed by atoms with Crippen LogP contribution in [-0.4, -0.2) is 30.1 Å². The lowest BCUT2D eigenvalue weighted by Crippen LogP contribution is -2.46. The molecule has 2 fully saturated rings. The number of anilines is 2. The van der Waals surface area contributed by atoms with E-state index in [1.54, 1.807) is 0 Å². The lowest BCUT2D eigenvalue weighted by atomic mass is 9.79. The van der Waals surface area contributed by atoms with Crippen molar-refractivity contribution in [1.82, 2.24) is 4.90 Å². The van der Waals surface area contributed by atoms with Crippen LogP contribution < -0.4 is 11.1 Å². The highest BCUT2D eigenvalue weighted by atomic mass is 15.2. The number of nitrogens with two attached hydrogens (primary N) is 1. The molecule has 0 amide bonds. The Morgan fingerprint density at radius 3 is 2.26 bits per heavy atom. The zero-order valence-electron chi connectivity index (χ0n) is 14.8. The quantitative estimate of drug-likeness (QED) is 0.811. The summed E-state index contributed by atoms with van der Waals surface area (Å²) in [6.45, 7) is 7.25. The third kappa shape index (κ3) is 4.20. The molecular weight excluding hydrogens is 282 g/mol. The minimum atomic E-state index is 0.572. The Bertz CT molecular complexity index is 483. The number of piperidine rings is 1. The van der Waals surface area contributed by atoms with E-state index in [1.165, 1.54) is 51.6 Å². The highest BCUT2D eigenvalue weighted by molar-refractivity contribution is 5.65. The summed E-state index contributed by atoms with van der Waals surface area (Å²) in [6, 6.07) is 9.53. The van der Waals surface area contributed by atoms with Crippen molar-refractivity contribution in [3.8, 4) is 0 Å². The summed E-state index contributed by atoms with van der Waals surface area (Å²) in [5.74, 6) is 1.83. The average Bonchev–Trinajstić information content (AvgIpc) is 2.58. The maximum absolute atomic E-state index is 6.05. The van der Waals surface area contributed by atoms with Crippen LogP contribution in [-0.2, 0) is 0 Å². The minimum absolute atomic E-state index is 0.572. The van der Waals surface area contributed by atoms with Crippen molar-refractivity contribution in [2.24, 2.45) is 11.8 Å². The molecule has 3 nitrogen and oxygen atoms in total. The third-order valence-electron chi connectivity index (χ3n) is 6.05. The van der Waals surface area contributed by atoms with Crippen LogP contribution in [0, 0.1) is 11.8 Å². The lowest BCUT2D eigenvalue weighted by Gasteiger charge is -2.41. The van der Waals surface area contributed by atoms with E-state index in [-0.39, 0.29) is 0 Å². The molecule has 1 aliphatic carbocycles. The standard InChI is InChI=1S/C20H33N3/c1-15(2)16-7-9-18(10-8-16)23-13-11-17(12-14-23)22-20-6-4-3-5-19(20)21/h3-6,15-18,22H,7-14,21H2,1-2H3. The zero-order chi connectivity index (χ0) is 16.2. The fourth-order valence-electron chi connectivity index (χ4n) is 4.39. The molecule has 3 N–H and O–H groups in total. The highest BCUT2D eigenvalue weighted by Crippen LogP contribution is 2.33. The van der Waals surface area contributed by atoms with E-state index in [1.807, 2.05) is 12.1 Å². The van der Waals surface area contributed by atoms with Gasteiger partial charge in [-0.1, -0.05) is 26.0 Å².